The van der Waals surface area contributed by atoms with Crippen molar-refractivity contribution in [1.82, 2.24) is 0 Å². The summed E-state index contributed by atoms with van der Waals surface area (Å²) in [7, 11) is 0. The van der Waals surface area contributed by atoms with E-state index in [0.29, 0.717) is 17.9 Å². The molecule has 0 bridgehead atoms. The number of hydrogen-bond donors (Lipinski definition) is 0. The molecule has 1 aromatic rings. The van der Waals surface area contributed by atoms with Gasteiger partial charge in [-0.2, -0.15) is 0 Å². The molecule has 2 unspecified atom stereocenters. The number of benzene rings is 1. The molecule has 0 N–H and O–H groups in total. The Hall–Kier alpha value is -0.820. The van der Waals surface area contributed by atoms with Crippen molar-refractivity contribution in [2.45, 2.75) is 44.8 Å². The zero-order valence-corrected chi connectivity index (χ0v) is 10.1. The van der Waals surface area contributed by atoms with E-state index in [1.807, 2.05) is 0 Å². The summed E-state index contributed by atoms with van der Waals surface area (Å²) in [6, 6.07) is 10.7. The van der Waals surface area contributed by atoms with E-state index in [1.54, 1.807) is 0 Å². The molecular weight excluding hydrogens is 196 g/mol. The molecule has 16 heavy (non-hydrogen) atoms. The third kappa shape index (κ3) is 1.34. The Morgan fingerprint density at radius 2 is 1.69 bits per heavy atom. The largest absolute Gasteiger partial charge is 0.360 e. The van der Waals surface area contributed by atoms with Crippen LogP contribution >= 0.6 is 0 Å². The Kier molecular flexibility index (Phi) is 2.32. The maximum absolute atomic E-state index is 6.16. The first-order chi connectivity index (χ1) is 7.75. The SMILES string of the molecule is CC1CCCC(C)C12O[C@@H]2c1ccccc1. The molecule has 1 spiro atoms. The average molecular weight is 216 g/mol. The lowest BCUT2D eigenvalue weighted by Gasteiger charge is -2.32. The summed E-state index contributed by atoms with van der Waals surface area (Å²) >= 11 is 0. The molecule has 1 aromatic carbocycles. The van der Waals surface area contributed by atoms with E-state index in [9.17, 15) is 0 Å². The van der Waals surface area contributed by atoms with E-state index < -0.39 is 0 Å². The maximum Gasteiger partial charge on any atom is 0.113 e. The van der Waals surface area contributed by atoms with Gasteiger partial charge in [0.1, 0.15) is 11.7 Å². The summed E-state index contributed by atoms with van der Waals surface area (Å²) in [6.45, 7) is 4.72. The van der Waals surface area contributed by atoms with Crippen molar-refractivity contribution in [3.63, 3.8) is 0 Å². The zero-order valence-electron chi connectivity index (χ0n) is 10.1. The van der Waals surface area contributed by atoms with Crippen molar-refractivity contribution in [3.8, 4) is 0 Å². The highest BCUT2D eigenvalue weighted by Gasteiger charge is 2.63. The van der Waals surface area contributed by atoms with Crippen LogP contribution in [0.1, 0.15) is 44.8 Å². The molecule has 86 valence electrons. The molecule has 0 radical (unpaired) electrons. The lowest BCUT2D eigenvalue weighted by Crippen LogP contribution is -2.34. The minimum Gasteiger partial charge on any atom is -0.360 e. The van der Waals surface area contributed by atoms with Gasteiger partial charge in [0, 0.05) is 0 Å². The highest BCUT2D eigenvalue weighted by atomic mass is 16.6. The summed E-state index contributed by atoms with van der Waals surface area (Å²) in [4.78, 5) is 0. The Balaban J connectivity index is 1.87. The highest BCUT2D eigenvalue weighted by Crippen LogP contribution is 2.62. The number of ether oxygens (including phenoxy) is 1. The van der Waals surface area contributed by atoms with Crippen LogP contribution in [0, 0.1) is 11.8 Å². The van der Waals surface area contributed by atoms with Crippen molar-refractivity contribution >= 4 is 0 Å². The van der Waals surface area contributed by atoms with Crippen molar-refractivity contribution < 1.29 is 4.74 Å². The molecule has 0 aromatic heterocycles. The van der Waals surface area contributed by atoms with Crippen molar-refractivity contribution in [2.24, 2.45) is 11.8 Å². The second-order valence-corrected chi connectivity index (χ2v) is 5.50. The Morgan fingerprint density at radius 1 is 1.06 bits per heavy atom. The predicted molar refractivity (Wildman–Crippen MR) is 65.2 cm³/mol. The molecular formula is C15H20O. The molecule has 1 nitrogen and oxygen atoms in total. The van der Waals surface area contributed by atoms with Gasteiger partial charge in [-0.1, -0.05) is 50.6 Å². The van der Waals surface area contributed by atoms with Crippen LogP contribution in [0.4, 0.5) is 0 Å². The van der Waals surface area contributed by atoms with Gasteiger partial charge in [-0.25, -0.2) is 0 Å². The molecule has 2 aliphatic rings. The van der Waals surface area contributed by atoms with Gasteiger partial charge in [0.25, 0.3) is 0 Å². The standard InChI is InChI=1S/C15H20O/c1-11-7-6-8-12(2)15(11)14(16-15)13-9-4-3-5-10-13/h3-5,9-12,14H,6-8H2,1-2H3/t11?,12?,14-,15?/m1/s1. The van der Waals surface area contributed by atoms with Crippen LogP contribution in [-0.4, -0.2) is 5.60 Å². The van der Waals surface area contributed by atoms with E-state index in [-0.39, 0.29) is 5.60 Å². The fraction of sp³-hybridized carbons (Fsp3) is 0.600. The Morgan fingerprint density at radius 3 is 2.31 bits per heavy atom. The first kappa shape index (κ1) is 10.3. The Bertz CT molecular complexity index is 360. The van der Waals surface area contributed by atoms with Crippen LogP contribution in [0.15, 0.2) is 30.3 Å². The third-order valence-electron chi connectivity index (χ3n) is 4.59. The van der Waals surface area contributed by atoms with Gasteiger partial charge >= 0.3 is 0 Å². The van der Waals surface area contributed by atoms with Crippen LogP contribution in [0.2, 0.25) is 0 Å². The summed E-state index contributed by atoms with van der Waals surface area (Å²) < 4.78 is 6.16. The molecule has 2 fully saturated rings. The molecule has 0 amide bonds. The fourth-order valence-corrected chi connectivity index (χ4v) is 3.54. The average Bonchev–Trinajstić information content (AvgIpc) is 3.04. The van der Waals surface area contributed by atoms with Gasteiger partial charge in [0.05, 0.1) is 0 Å². The quantitative estimate of drug-likeness (QED) is 0.647. The van der Waals surface area contributed by atoms with E-state index in [0.717, 1.165) is 0 Å². The lowest BCUT2D eigenvalue weighted by atomic mass is 9.70. The zero-order chi connectivity index (χ0) is 11.2. The summed E-state index contributed by atoms with van der Waals surface area (Å²) in [6.07, 6.45) is 4.38. The van der Waals surface area contributed by atoms with Crippen molar-refractivity contribution in [1.29, 1.82) is 0 Å². The Labute approximate surface area is 97.8 Å². The van der Waals surface area contributed by atoms with Gasteiger partial charge in [-0.05, 0) is 30.2 Å². The number of epoxide rings is 1. The topological polar surface area (TPSA) is 12.5 Å². The van der Waals surface area contributed by atoms with Gasteiger partial charge in [0.2, 0.25) is 0 Å². The third-order valence-corrected chi connectivity index (χ3v) is 4.59. The van der Waals surface area contributed by atoms with Gasteiger partial charge in [-0.15, -0.1) is 0 Å². The van der Waals surface area contributed by atoms with Crippen LogP contribution in [0.5, 0.6) is 0 Å². The first-order valence-electron chi connectivity index (χ1n) is 6.48. The molecule has 1 aliphatic heterocycles. The van der Waals surface area contributed by atoms with Crippen LogP contribution in [0.25, 0.3) is 0 Å². The normalized spacial score (nSPS) is 42.2. The van der Waals surface area contributed by atoms with Crippen LogP contribution in [0.3, 0.4) is 0 Å². The number of hydrogen-bond acceptors (Lipinski definition) is 1. The minimum absolute atomic E-state index is 0.166. The molecule has 1 saturated carbocycles. The highest BCUT2D eigenvalue weighted by molar-refractivity contribution is 5.28. The van der Waals surface area contributed by atoms with E-state index in [2.05, 4.69) is 44.2 Å². The molecule has 3 atom stereocenters. The molecule has 1 aliphatic carbocycles. The predicted octanol–water partition coefficient (Wildman–Crippen LogP) is 3.95. The van der Waals surface area contributed by atoms with E-state index in [4.69, 9.17) is 4.74 Å². The number of rotatable bonds is 1. The van der Waals surface area contributed by atoms with E-state index >= 15 is 0 Å². The fourth-order valence-electron chi connectivity index (χ4n) is 3.54. The molecule has 3 rings (SSSR count). The van der Waals surface area contributed by atoms with Gasteiger partial charge < -0.3 is 4.74 Å². The second-order valence-electron chi connectivity index (χ2n) is 5.50. The van der Waals surface area contributed by atoms with E-state index in [1.165, 1.54) is 24.8 Å². The van der Waals surface area contributed by atoms with Crippen LogP contribution < -0.4 is 0 Å². The maximum atomic E-state index is 6.16. The minimum atomic E-state index is 0.166. The molecule has 1 heterocycles. The first-order valence-corrected chi connectivity index (χ1v) is 6.48. The van der Waals surface area contributed by atoms with Crippen LogP contribution in [-0.2, 0) is 4.74 Å². The monoisotopic (exact) mass is 216 g/mol. The molecule has 1 heteroatoms. The summed E-state index contributed by atoms with van der Waals surface area (Å²) in [5.74, 6) is 1.42. The lowest BCUT2D eigenvalue weighted by molar-refractivity contribution is 0.114. The van der Waals surface area contributed by atoms with Crippen molar-refractivity contribution in [2.75, 3.05) is 0 Å². The summed E-state index contributed by atoms with van der Waals surface area (Å²) in [5, 5.41) is 0. The molecule has 1 saturated heterocycles. The van der Waals surface area contributed by atoms with Gasteiger partial charge in [0.15, 0.2) is 0 Å². The van der Waals surface area contributed by atoms with Crippen molar-refractivity contribution in [3.05, 3.63) is 35.9 Å². The second kappa shape index (κ2) is 3.59. The smallest absolute Gasteiger partial charge is 0.113 e. The summed E-state index contributed by atoms with van der Waals surface area (Å²) in [5.41, 5.74) is 1.53. The van der Waals surface area contributed by atoms with Gasteiger partial charge in [-0.3, -0.25) is 0 Å².